The number of carbonyl (C=O) groups excluding carboxylic acids is 1. The van der Waals surface area contributed by atoms with Crippen molar-refractivity contribution >= 4 is 32.4 Å². The fraction of sp³-hybridized carbons (Fsp3) is 0.318. The van der Waals surface area contributed by atoms with Gasteiger partial charge in [-0.1, -0.05) is 19.9 Å². The number of rotatable bonds is 5. The van der Waals surface area contributed by atoms with Gasteiger partial charge >= 0.3 is 0 Å². The Labute approximate surface area is 186 Å². The van der Waals surface area contributed by atoms with Crippen molar-refractivity contribution in [3.05, 3.63) is 59.6 Å². The standard InChI is InChI=1S/C22H24N4O3S2/c1-15-11-16(2)13-26(12-15)31(28,29)18-8-6-17(7-9-18)21(27)25-22-24-20(14-30-22)19-5-3-4-10-23-19/h3-10,14-16H,11-13H2,1-2H3,(H,24,25,27)/t15-,16-/m1/s1. The zero-order chi connectivity index (χ0) is 22.0. The lowest BCUT2D eigenvalue weighted by Crippen LogP contribution is -2.42. The summed E-state index contributed by atoms with van der Waals surface area (Å²) in [4.78, 5) is 21.4. The summed E-state index contributed by atoms with van der Waals surface area (Å²) >= 11 is 1.31. The number of thiazole rings is 1. The lowest BCUT2D eigenvalue weighted by Gasteiger charge is -2.34. The first-order chi connectivity index (χ1) is 14.8. The Morgan fingerprint density at radius 3 is 2.42 bits per heavy atom. The molecule has 31 heavy (non-hydrogen) atoms. The van der Waals surface area contributed by atoms with Gasteiger partial charge in [0.25, 0.3) is 5.91 Å². The van der Waals surface area contributed by atoms with Crippen LogP contribution < -0.4 is 5.32 Å². The fourth-order valence-electron chi connectivity index (χ4n) is 3.86. The molecule has 0 bridgehead atoms. The smallest absolute Gasteiger partial charge is 0.257 e. The average molecular weight is 457 g/mol. The third-order valence-corrected chi connectivity index (χ3v) is 7.85. The predicted molar refractivity (Wildman–Crippen MR) is 121 cm³/mol. The minimum absolute atomic E-state index is 0.206. The van der Waals surface area contributed by atoms with Crippen LogP contribution >= 0.6 is 11.3 Å². The first-order valence-corrected chi connectivity index (χ1v) is 12.4. The van der Waals surface area contributed by atoms with E-state index >= 15 is 0 Å². The van der Waals surface area contributed by atoms with E-state index in [1.807, 2.05) is 23.6 Å². The Kier molecular flexibility index (Phi) is 6.17. The molecule has 0 radical (unpaired) electrons. The van der Waals surface area contributed by atoms with Gasteiger partial charge in [0.05, 0.1) is 10.6 Å². The minimum Gasteiger partial charge on any atom is -0.298 e. The van der Waals surface area contributed by atoms with Gasteiger partial charge in [0.15, 0.2) is 5.13 Å². The Morgan fingerprint density at radius 1 is 1.06 bits per heavy atom. The number of carbonyl (C=O) groups is 1. The summed E-state index contributed by atoms with van der Waals surface area (Å²) in [5.41, 5.74) is 1.79. The van der Waals surface area contributed by atoms with Crippen molar-refractivity contribution < 1.29 is 13.2 Å². The summed E-state index contributed by atoms with van der Waals surface area (Å²) in [6.45, 7) is 5.20. The summed E-state index contributed by atoms with van der Waals surface area (Å²) < 4.78 is 27.5. The number of pyridine rings is 1. The van der Waals surface area contributed by atoms with E-state index in [0.29, 0.717) is 41.3 Å². The number of nitrogens with one attached hydrogen (secondary N) is 1. The van der Waals surface area contributed by atoms with E-state index in [1.165, 1.54) is 35.6 Å². The van der Waals surface area contributed by atoms with Crippen LogP contribution in [0.5, 0.6) is 0 Å². The highest BCUT2D eigenvalue weighted by atomic mass is 32.2. The van der Waals surface area contributed by atoms with Crippen LogP contribution in [-0.4, -0.2) is 41.7 Å². The van der Waals surface area contributed by atoms with Crippen LogP contribution in [0.15, 0.2) is 58.9 Å². The van der Waals surface area contributed by atoms with E-state index in [4.69, 9.17) is 0 Å². The van der Waals surface area contributed by atoms with Crippen molar-refractivity contribution in [3.63, 3.8) is 0 Å². The average Bonchev–Trinajstić information content (AvgIpc) is 3.22. The lowest BCUT2D eigenvalue weighted by molar-refractivity contribution is 0.102. The van der Waals surface area contributed by atoms with Gasteiger partial charge in [0.2, 0.25) is 10.0 Å². The molecule has 1 aromatic carbocycles. The molecule has 1 fully saturated rings. The third kappa shape index (κ3) is 4.84. The van der Waals surface area contributed by atoms with E-state index in [1.54, 1.807) is 10.5 Å². The normalized spacial score (nSPS) is 19.8. The fourth-order valence-corrected chi connectivity index (χ4v) is 6.24. The van der Waals surface area contributed by atoms with Crippen molar-refractivity contribution in [2.75, 3.05) is 18.4 Å². The highest BCUT2D eigenvalue weighted by Crippen LogP contribution is 2.27. The summed E-state index contributed by atoms with van der Waals surface area (Å²) in [5, 5.41) is 5.05. The Balaban J connectivity index is 1.45. The molecule has 7 nitrogen and oxygen atoms in total. The van der Waals surface area contributed by atoms with E-state index < -0.39 is 10.0 Å². The van der Waals surface area contributed by atoms with E-state index in [9.17, 15) is 13.2 Å². The predicted octanol–water partition coefficient (Wildman–Crippen LogP) is 4.12. The topological polar surface area (TPSA) is 92.3 Å². The number of amides is 1. The first kappa shape index (κ1) is 21.6. The Hall–Kier alpha value is -2.62. The van der Waals surface area contributed by atoms with Crippen LogP contribution in [-0.2, 0) is 10.0 Å². The van der Waals surface area contributed by atoms with Crippen molar-refractivity contribution in [2.24, 2.45) is 11.8 Å². The van der Waals surface area contributed by atoms with Crippen molar-refractivity contribution in [3.8, 4) is 11.4 Å². The van der Waals surface area contributed by atoms with Gasteiger partial charge in [-0.3, -0.25) is 15.1 Å². The van der Waals surface area contributed by atoms with Crippen LogP contribution in [0.4, 0.5) is 5.13 Å². The summed E-state index contributed by atoms with van der Waals surface area (Å²) in [7, 11) is -3.57. The molecule has 162 valence electrons. The van der Waals surface area contributed by atoms with Gasteiger partial charge in [-0.15, -0.1) is 11.3 Å². The molecule has 9 heteroatoms. The summed E-state index contributed by atoms with van der Waals surface area (Å²) in [5.74, 6) is 0.321. The van der Waals surface area contributed by atoms with Gasteiger partial charge in [0.1, 0.15) is 5.69 Å². The van der Waals surface area contributed by atoms with Crippen molar-refractivity contribution in [1.82, 2.24) is 14.3 Å². The van der Waals surface area contributed by atoms with Gasteiger partial charge in [0, 0.05) is 30.2 Å². The molecule has 4 rings (SSSR count). The molecule has 1 aliphatic rings. The maximum Gasteiger partial charge on any atom is 0.257 e. The van der Waals surface area contributed by atoms with E-state index in [-0.39, 0.29) is 10.8 Å². The summed E-state index contributed by atoms with van der Waals surface area (Å²) in [6, 6.07) is 11.6. The Morgan fingerprint density at radius 2 is 1.77 bits per heavy atom. The second kappa shape index (κ2) is 8.86. The number of hydrogen-bond donors (Lipinski definition) is 1. The largest absolute Gasteiger partial charge is 0.298 e. The monoisotopic (exact) mass is 456 g/mol. The molecule has 0 unspecified atom stereocenters. The highest BCUT2D eigenvalue weighted by Gasteiger charge is 2.31. The molecule has 3 heterocycles. The van der Waals surface area contributed by atoms with Crippen LogP contribution in [0, 0.1) is 11.8 Å². The number of anilines is 1. The molecule has 1 amide bonds. The van der Waals surface area contributed by atoms with Gasteiger partial charge in [-0.2, -0.15) is 4.31 Å². The number of nitrogens with zero attached hydrogens (tertiary/aromatic N) is 3. The molecular formula is C22H24N4O3S2. The minimum atomic E-state index is -3.57. The molecule has 2 atom stereocenters. The molecule has 0 spiro atoms. The van der Waals surface area contributed by atoms with Crippen LogP contribution in [0.2, 0.25) is 0 Å². The van der Waals surface area contributed by atoms with Gasteiger partial charge in [-0.05, 0) is 54.7 Å². The van der Waals surface area contributed by atoms with Gasteiger partial charge in [-0.25, -0.2) is 13.4 Å². The number of sulfonamides is 1. The maximum atomic E-state index is 13.0. The van der Waals surface area contributed by atoms with Crippen molar-refractivity contribution in [1.29, 1.82) is 0 Å². The number of hydrogen-bond acceptors (Lipinski definition) is 6. The molecule has 1 saturated heterocycles. The molecule has 1 aliphatic heterocycles. The third-order valence-electron chi connectivity index (χ3n) is 5.24. The maximum absolute atomic E-state index is 13.0. The number of aromatic nitrogens is 2. The first-order valence-electron chi connectivity index (χ1n) is 10.1. The molecule has 2 aromatic heterocycles. The molecule has 3 aromatic rings. The zero-order valence-corrected chi connectivity index (χ0v) is 19.0. The van der Waals surface area contributed by atoms with Crippen LogP contribution in [0.25, 0.3) is 11.4 Å². The highest BCUT2D eigenvalue weighted by molar-refractivity contribution is 7.89. The number of piperidine rings is 1. The molecule has 0 saturated carbocycles. The van der Waals surface area contributed by atoms with Gasteiger partial charge < -0.3 is 0 Å². The van der Waals surface area contributed by atoms with Crippen LogP contribution in [0.3, 0.4) is 0 Å². The van der Waals surface area contributed by atoms with Crippen molar-refractivity contribution in [2.45, 2.75) is 25.2 Å². The zero-order valence-electron chi connectivity index (χ0n) is 17.4. The Bertz CT molecular complexity index is 1150. The summed E-state index contributed by atoms with van der Waals surface area (Å²) in [6.07, 6.45) is 2.72. The molecule has 0 aliphatic carbocycles. The lowest BCUT2D eigenvalue weighted by atomic mass is 9.94. The molecular weight excluding hydrogens is 432 g/mol. The van der Waals surface area contributed by atoms with E-state index in [0.717, 1.165) is 12.1 Å². The molecule has 1 N–H and O–H groups in total. The second-order valence-corrected chi connectivity index (χ2v) is 10.8. The SMILES string of the molecule is C[C@@H]1C[C@@H](C)CN(S(=O)(=O)c2ccc(C(=O)Nc3nc(-c4ccccn4)cs3)cc2)C1. The second-order valence-electron chi connectivity index (χ2n) is 8.00. The quantitative estimate of drug-likeness (QED) is 0.623. The van der Waals surface area contributed by atoms with E-state index in [2.05, 4.69) is 29.1 Å². The van der Waals surface area contributed by atoms with Crippen LogP contribution in [0.1, 0.15) is 30.6 Å². The number of benzene rings is 1.